The van der Waals surface area contributed by atoms with E-state index in [1.54, 1.807) is 67.7 Å². The average molecular weight is 473 g/mol. The van der Waals surface area contributed by atoms with Crippen LogP contribution in [0.5, 0.6) is 5.75 Å². The van der Waals surface area contributed by atoms with Crippen LogP contribution in [0.4, 0.5) is 16.2 Å². The second kappa shape index (κ2) is 10.5. The van der Waals surface area contributed by atoms with E-state index in [1.807, 2.05) is 13.0 Å². The molecule has 0 aliphatic rings. The Bertz CT molecular complexity index is 1430. The number of hydrogen-bond donors (Lipinski definition) is 2. The lowest BCUT2D eigenvalue weighted by Gasteiger charge is -2.11. The molecule has 9 heteroatoms. The number of carbonyl (C=O) groups is 2. The van der Waals surface area contributed by atoms with Crippen LogP contribution in [0.1, 0.15) is 28.5 Å². The van der Waals surface area contributed by atoms with Gasteiger partial charge in [-0.25, -0.2) is 14.6 Å². The second-order valence-corrected chi connectivity index (χ2v) is 7.66. The Kier molecular flexibility index (Phi) is 7.06. The van der Waals surface area contributed by atoms with Crippen LogP contribution >= 0.6 is 0 Å². The molecule has 4 rings (SSSR count). The number of aromatic nitrogens is 2. The standard InChI is InChI=1S/C26H24N4O5/c1-3-34-25(32)18-9-11-19(12-10-18)28-26(33)29-20-7-4-8-22(14-20)35-16-21-15-23(31)30-13-5-6-17(2)24(30)27-21/h4-15H,3,16H2,1-2H3,(H2,28,29,33). The molecule has 0 saturated carbocycles. The third kappa shape index (κ3) is 5.83. The molecule has 0 radical (unpaired) electrons. The topological polar surface area (TPSA) is 111 Å². The van der Waals surface area contributed by atoms with Crippen molar-refractivity contribution in [2.75, 3.05) is 17.2 Å². The number of aryl methyl sites for hydroxylation is 1. The number of carbonyl (C=O) groups excluding carboxylic acids is 2. The van der Waals surface area contributed by atoms with Crippen LogP contribution in [0.15, 0.2) is 77.7 Å². The number of fused-ring (bicyclic) bond motifs is 1. The Morgan fingerprint density at radius 1 is 0.971 bits per heavy atom. The lowest BCUT2D eigenvalue weighted by molar-refractivity contribution is 0.0526. The summed E-state index contributed by atoms with van der Waals surface area (Å²) in [4.78, 5) is 41.0. The number of nitrogens with zero attached hydrogens (tertiary/aromatic N) is 2. The SMILES string of the molecule is CCOC(=O)c1ccc(NC(=O)Nc2cccc(OCc3cc(=O)n4cccc(C)c4n3)c2)cc1. The smallest absolute Gasteiger partial charge is 0.338 e. The number of nitrogens with one attached hydrogen (secondary N) is 2. The van der Waals surface area contributed by atoms with Gasteiger partial charge in [0.1, 0.15) is 18.0 Å². The van der Waals surface area contributed by atoms with Gasteiger partial charge in [0.05, 0.1) is 17.9 Å². The molecule has 0 spiro atoms. The van der Waals surface area contributed by atoms with Gasteiger partial charge in [-0.3, -0.25) is 9.20 Å². The van der Waals surface area contributed by atoms with E-state index >= 15 is 0 Å². The summed E-state index contributed by atoms with van der Waals surface area (Å²) in [7, 11) is 0. The van der Waals surface area contributed by atoms with Gasteiger partial charge in [0.25, 0.3) is 5.56 Å². The molecule has 0 aliphatic carbocycles. The van der Waals surface area contributed by atoms with Gasteiger partial charge in [0, 0.05) is 29.7 Å². The number of esters is 1. The number of ether oxygens (including phenoxy) is 2. The van der Waals surface area contributed by atoms with Gasteiger partial charge in [-0.1, -0.05) is 12.1 Å². The highest BCUT2D eigenvalue weighted by Crippen LogP contribution is 2.19. The summed E-state index contributed by atoms with van der Waals surface area (Å²) in [6.07, 6.45) is 1.68. The van der Waals surface area contributed by atoms with Gasteiger partial charge < -0.3 is 20.1 Å². The molecule has 0 fully saturated rings. The Labute approximate surface area is 201 Å². The van der Waals surface area contributed by atoms with Crippen molar-refractivity contribution in [3.05, 3.63) is 100 Å². The Hall–Kier alpha value is -4.66. The summed E-state index contributed by atoms with van der Waals surface area (Å²) in [6.45, 7) is 4.02. The molecule has 4 aromatic rings. The Balaban J connectivity index is 1.37. The molecule has 0 saturated heterocycles. The third-order valence-electron chi connectivity index (χ3n) is 5.07. The molecule has 35 heavy (non-hydrogen) atoms. The lowest BCUT2D eigenvalue weighted by atomic mass is 10.2. The van der Waals surface area contributed by atoms with Crippen molar-refractivity contribution in [2.24, 2.45) is 0 Å². The summed E-state index contributed by atoms with van der Waals surface area (Å²) >= 11 is 0. The summed E-state index contributed by atoms with van der Waals surface area (Å²) in [5.41, 5.74) is 3.24. The highest BCUT2D eigenvalue weighted by Gasteiger charge is 2.09. The van der Waals surface area contributed by atoms with E-state index in [0.29, 0.717) is 40.6 Å². The van der Waals surface area contributed by atoms with Crippen LogP contribution in [0.2, 0.25) is 0 Å². The summed E-state index contributed by atoms with van der Waals surface area (Å²) < 4.78 is 12.2. The number of urea groups is 1. The molecule has 2 aromatic heterocycles. The molecule has 2 heterocycles. The first kappa shape index (κ1) is 23.5. The number of pyridine rings is 1. The monoisotopic (exact) mass is 472 g/mol. The maximum absolute atomic E-state index is 12.4. The van der Waals surface area contributed by atoms with Crippen LogP contribution in [0, 0.1) is 6.92 Å². The molecule has 0 aliphatic heterocycles. The number of benzene rings is 2. The summed E-state index contributed by atoms with van der Waals surface area (Å²) in [5, 5.41) is 5.44. The van der Waals surface area contributed by atoms with Crippen LogP contribution in [-0.2, 0) is 11.3 Å². The van der Waals surface area contributed by atoms with Crippen molar-refractivity contribution in [2.45, 2.75) is 20.5 Å². The number of hydrogen-bond acceptors (Lipinski definition) is 6. The van der Waals surface area contributed by atoms with Crippen molar-refractivity contribution in [1.82, 2.24) is 9.38 Å². The van der Waals surface area contributed by atoms with E-state index in [9.17, 15) is 14.4 Å². The van der Waals surface area contributed by atoms with Gasteiger partial charge in [0.2, 0.25) is 0 Å². The minimum Gasteiger partial charge on any atom is -0.487 e. The number of anilines is 2. The van der Waals surface area contributed by atoms with Crippen molar-refractivity contribution < 1.29 is 19.1 Å². The van der Waals surface area contributed by atoms with Crippen molar-refractivity contribution in [1.29, 1.82) is 0 Å². The van der Waals surface area contributed by atoms with Crippen LogP contribution in [-0.4, -0.2) is 28.0 Å². The van der Waals surface area contributed by atoms with E-state index in [-0.39, 0.29) is 12.2 Å². The molecule has 0 bridgehead atoms. The van der Waals surface area contributed by atoms with Crippen LogP contribution < -0.4 is 20.9 Å². The van der Waals surface area contributed by atoms with Gasteiger partial charge in [0.15, 0.2) is 0 Å². The first-order valence-electron chi connectivity index (χ1n) is 11.0. The molecule has 2 amide bonds. The molecule has 0 atom stereocenters. The second-order valence-electron chi connectivity index (χ2n) is 7.66. The van der Waals surface area contributed by atoms with Crippen molar-refractivity contribution in [3.8, 4) is 5.75 Å². The average Bonchev–Trinajstić information content (AvgIpc) is 2.84. The summed E-state index contributed by atoms with van der Waals surface area (Å²) in [5.74, 6) is 0.0907. The molecule has 178 valence electrons. The predicted molar refractivity (Wildman–Crippen MR) is 132 cm³/mol. The predicted octanol–water partition coefficient (Wildman–Crippen LogP) is 4.40. The number of amides is 2. The quantitative estimate of drug-likeness (QED) is 0.386. The highest BCUT2D eigenvalue weighted by atomic mass is 16.5. The first-order chi connectivity index (χ1) is 16.9. The Morgan fingerprint density at radius 3 is 2.51 bits per heavy atom. The van der Waals surface area contributed by atoms with Gasteiger partial charge in [-0.2, -0.15) is 0 Å². The minimum absolute atomic E-state index is 0.0997. The van der Waals surface area contributed by atoms with Crippen LogP contribution in [0.3, 0.4) is 0 Å². The molecule has 0 unspecified atom stereocenters. The fourth-order valence-electron chi connectivity index (χ4n) is 3.40. The Morgan fingerprint density at radius 2 is 1.74 bits per heavy atom. The lowest BCUT2D eigenvalue weighted by Crippen LogP contribution is -2.19. The van der Waals surface area contributed by atoms with E-state index < -0.39 is 12.0 Å². The number of rotatable bonds is 7. The van der Waals surface area contributed by atoms with Gasteiger partial charge in [-0.05, 0) is 61.9 Å². The minimum atomic E-state index is -0.453. The molecule has 9 nitrogen and oxygen atoms in total. The van der Waals surface area contributed by atoms with Crippen molar-refractivity contribution >= 4 is 29.0 Å². The third-order valence-corrected chi connectivity index (χ3v) is 5.07. The fourth-order valence-corrected chi connectivity index (χ4v) is 3.40. The van der Waals surface area contributed by atoms with Crippen LogP contribution in [0.25, 0.3) is 5.65 Å². The molecule has 2 N–H and O–H groups in total. The summed E-state index contributed by atoms with van der Waals surface area (Å²) in [6, 6.07) is 18.0. The van der Waals surface area contributed by atoms with E-state index in [0.717, 1.165) is 5.56 Å². The van der Waals surface area contributed by atoms with E-state index in [4.69, 9.17) is 9.47 Å². The molecule has 2 aromatic carbocycles. The van der Waals surface area contributed by atoms with E-state index in [1.165, 1.54) is 10.5 Å². The maximum atomic E-state index is 12.4. The van der Waals surface area contributed by atoms with Gasteiger partial charge >= 0.3 is 12.0 Å². The first-order valence-corrected chi connectivity index (χ1v) is 11.0. The van der Waals surface area contributed by atoms with E-state index in [2.05, 4.69) is 15.6 Å². The molecular weight excluding hydrogens is 448 g/mol. The van der Waals surface area contributed by atoms with Gasteiger partial charge in [-0.15, -0.1) is 0 Å². The fraction of sp³-hybridized carbons (Fsp3) is 0.154. The zero-order chi connectivity index (χ0) is 24.8. The normalized spacial score (nSPS) is 10.6. The zero-order valence-electron chi connectivity index (χ0n) is 19.3. The molecular formula is C26H24N4O5. The highest BCUT2D eigenvalue weighted by molar-refractivity contribution is 6.00. The maximum Gasteiger partial charge on any atom is 0.338 e. The largest absolute Gasteiger partial charge is 0.487 e. The van der Waals surface area contributed by atoms with Crippen molar-refractivity contribution in [3.63, 3.8) is 0 Å². The zero-order valence-corrected chi connectivity index (χ0v) is 19.3.